The number of aryl methyl sites for hydroxylation is 1. The number of carbonyl (C=O) groups excluding carboxylic acids is 2. The molecule has 0 saturated carbocycles. The van der Waals surface area contributed by atoms with E-state index in [9.17, 15) is 9.59 Å². The van der Waals surface area contributed by atoms with Gasteiger partial charge in [0.15, 0.2) is 0 Å². The predicted molar refractivity (Wildman–Crippen MR) is 96.1 cm³/mol. The predicted octanol–water partition coefficient (Wildman–Crippen LogP) is 0.849. The summed E-state index contributed by atoms with van der Waals surface area (Å²) in [7, 11) is 3.47. The highest BCUT2D eigenvalue weighted by Gasteiger charge is 2.39. The number of benzene rings is 1. The van der Waals surface area contributed by atoms with Gasteiger partial charge < -0.3 is 19.1 Å². The first-order chi connectivity index (χ1) is 12.6. The van der Waals surface area contributed by atoms with Crippen molar-refractivity contribution >= 4 is 11.8 Å². The zero-order valence-electron chi connectivity index (χ0n) is 15.2. The second-order valence-electron chi connectivity index (χ2n) is 6.43. The molecule has 1 fully saturated rings. The summed E-state index contributed by atoms with van der Waals surface area (Å²) in [5.41, 5.74) is 1.03. The average Bonchev–Trinajstić information content (AvgIpc) is 3.05. The molecule has 7 heteroatoms. The number of hydrogen-bond donors (Lipinski definition) is 0. The highest BCUT2D eigenvalue weighted by Crippen LogP contribution is 2.19. The minimum absolute atomic E-state index is 0.0419. The molecule has 0 radical (unpaired) electrons. The number of aromatic nitrogens is 2. The van der Waals surface area contributed by atoms with Crippen LogP contribution in [0.25, 0.3) is 0 Å². The molecule has 1 aromatic heterocycles. The molecule has 0 unspecified atom stereocenters. The van der Waals surface area contributed by atoms with Crippen LogP contribution in [0.1, 0.15) is 11.4 Å². The topological polar surface area (TPSA) is 67.7 Å². The van der Waals surface area contributed by atoms with Crippen molar-refractivity contribution in [2.75, 3.05) is 26.8 Å². The monoisotopic (exact) mass is 356 g/mol. The van der Waals surface area contributed by atoms with E-state index in [2.05, 4.69) is 4.98 Å². The van der Waals surface area contributed by atoms with E-state index in [1.54, 1.807) is 23.1 Å². The number of rotatable bonds is 7. The van der Waals surface area contributed by atoms with Crippen molar-refractivity contribution in [1.82, 2.24) is 19.4 Å². The molecule has 1 aliphatic rings. The fraction of sp³-hybridized carbons (Fsp3) is 0.421. The Balaban J connectivity index is 1.85. The number of hydrogen-bond acceptors (Lipinski definition) is 4. The summed E-state index contributed by atoms with van der Waals surface area (Å²) in [5.74, 6) is 0.652. The van der Waals surface area contributed by atoms with Crippen LogP contribution in [-0.2, 0) is 34.3 Å². The maximum atomic E-state index is 13.1. The molecule has 0 N–H and O–H groups in total. The maximum absolute atomic E-state index is 13.1. The van der Waals surface area contributed by atoms with Crippen LogP contribution >= 0.6 is 0 Å². The van der Waals surface area contributed by atoms with Gasteiger partial charge in [0.2, 0.25) is 11.8 Å². The molecule has 1 saturated heterocycles. The third-order valence-corrected chi connectivity index (χ3v) is 4.69. The van der Waals surface area contributed by atoms with E-state index in [0.717, 1.165) is 11.4 Å². The van der Waals surface area contributed by atoms with Crippen molar-refractivity contribution in [2.45, 2.75) is 19.0 Å². The molecule has 1 aromatic carbocycles. The van der Waals surface area contributed by atoms with E-state index in [4.69, 9.17) is 4.74 Å². The summed E-state index contributed by atoms with van der Waals surface area (Å²) in [6.45, 7) is 1.24. The number of imidazole rings is 1. The first-order valence-corrected chi connectivity index (χ1v) is 8.67. The Kier molecular flexibility index (Phi) is 5.68. The van der Waals surface area contributed by atoms with Crippen molar-refractivity contribution in [1.29, 1.82) is 0 Å². The summed E-state index contributed by atoms with van der Waals surface area (Å²) in [6.07, 6.45) is 4.02. The van der Waals surface area contributed by atoms with Crippen LogP contribution in [0, 0.1) is 0 Å². The largest absolute Gasteiger partial charge is 0.383 e. The van der Waals surface area contributed by atoms with E-state index >= 15 is 0 Å². The molecule has 26 heavy (non-hydrogen) atoms. The number of methoxy groups -OCH3 is 1. The molecule has 2 amide bonds. The quantitative estimate of drug-likeness (QED) is 0.738. The van der Waals surface area contributed by atoms with Gasteiger partial charge in [-0.3, -0.25) is 9.59 Å². The molecular weight excluding hydrogens is 332 g/mol. The maximum Gasteiger partial charge on any atom is 0.246 e. The van der Waals surface area contributed by atoms with Crippen LogP contribution in [0.2, 0.25) is 0 Å². The van der Waals surface area contributed by atoms with Crippen LogP contribution in [0.5, 0.6) is 0 Å². The van der Waals surface area contributed by atoms with Gasteiger partial charge in [-0.1, -0.05) is 30.3 Å². The standard InChI is InChI=1S/C19H24N4O3/c1-21-9-8-20-17(21)13-23-16(12-15-6-4-3-5-7-15)19(25)22(10-11-26-2)14-18(23)24/h3-9,16H,10-14H2,1-2H3/t16-/m1/s1. The summed E-state index contributed by atoms with van der Waals surface area (Å²) in [5, 5.41) is 0. The van der Waals surface area contributed by atoms with Crippen LogP contribution in [0.15, 0.2) is 42.7 Å². The summed E-state index contributed by atoms with van der Waals surface area (Å²) < 4.78 is 6.95. The Hall–Kier alpha value is -2.67. The van der Waals surface area contributed by atoms with Gasteiger partial charge in [-0.05, 0) is 5.56 Å². The fourth-order valence-corrected chi connectivity index (χ4v) is 3.18. The normalized spacial score (nSPS) is 17.8. The van der Waals surface area contributed by atoms with Crippen LogP contribution < -0.4 is 0 Å². The summed E-state index contributed by atoms with van der Waals surface area (Å²) in [6, 6.07) is 9.24. The van der Waals surface area contributed by atoms with Gasteiger partial charge in [0.05, 0.1) is 19.7 Å². The van der Waals surface area contributed by atoms with Gasteiger partial charge in [-0.2, -0.15) is 0 Å². The van der Waals surface area contributed by atoms with Crippen molar-refractivity contribution in [3.8, 4) is 0 Å². The summed E-state index contributed by atoms with van der Waals surface area (Å²) >= 11 is 0. The number of carbonyl (C=O) groups is 2. The van der Waals surface area contributed by atoms with Crippen LogP contribution in [0.3, 0.4) is 0 Å². The van der Waals surface area contributed by atoms with Crippen LogP contribution in [0.4, 0.5) is 0 Å². The van der Waals surface area contributed by atoms with Gasteiger partial charge >= 0.3 is 0 Å². The van der Waals surface area contributed by atoms with Crippen molar-refractivity contribution < 1.29 is 14.3 Å². The molecular formula is C19H24N4O3. The molecule has 7 nitrogen and oxygen atoms in total. The number of piperazine rings is 1. The second kappa shape index (κ2) is 8.14. The molecule has 1 aliphatic heterocycles. The number of nitrogens with zero attached hydrogens (tertiary/aromatic N) is 4. The Labute approximate surface area is 153 Å². The second-order valence-corrected chi connectivity index (χ2v) is 6.43. The zero-order chi connectivity index (χ0) is 18.5. The Bertz CT molecular complexity index is 759. The zero-order valence-corrected chi connectivity index (χ0v) is 15.2. The minimum atomic E-state index is -0.535. The van der Waals surface area contributed by atoms with E-state index in [-0.39, 0.29) is 18.4 Å². The average molecular weight is 356 g/mol. The van der Waals surface area contributed by atoms with E-state index in [1.165, 1.54) is 0 Å². The Morgan fingerprint density at radius 3 is 2.65 bits per heavy atom. The minimum Gasteiger partial charge on any atom is -0.383 e. The van der Waals surface area contributed by atoms with E-state index in [1.807, 2.05) is 48.1 Å². The highest BCUT2D eigenvalue weighted by molar-refractivity contribution is 5.95. The molecule has 1 atom stereocenters. The van der Waals surface area contributed by atoms with Gasteiger partial charge in [0.1, 0.15) is 11.9 Å². The molecule has 0 aliphatic carbocycles. The van der Waals surface area contributed by atoms with Gasteiger partial charge in [-0.25, -0.2) is 4.98 Å². The van der Waals surface area contributed by atoms with E-state index < -0.39 is 6.04 Å². The lowest BCUT2D eigenvalue weighted by atomic mass is 10.0. The molecule has 2 aromatic rings. The number of ether oxygens (including phenoxy) is 1. The Morgan fingerprint density at radius 1 is 1.23 bits per heavy atom. The Morgan fingerprint density at radius 2 is 2.00 bits per heavy atom. The van der Waals surface area contributed by atoms with Gasteiger partial charge in [0.25, 0.3) is 0 Å². The van der Waals surface area contributed by atoms with Crippen molar-refractivity contribution in [3.63, 3.8) is 0 Å². The highest BCUT2D eigenvalue weighted by atomic mass is 16.5. The SMILES string of the molecule is COCCN1CC(=O)N(Cc2nccn2C)[C@H](Cc2ccccc2)C1=O. The van der Waals surface area contributed by atoms with Gasteiger partial charge in [-0.15, -0.1) is 0 Å². The smallest absolute Gasteiger partial charge is 0.246 e. The first kappa shape index (κ1) is 18.1. The molecule has 0 spiro atoms. The van der Waals surface area contributed by atoms with Gasteiger partial charge in [0, 0.05) is 39.5 Å². The lowest BCUT2D eigenvalue weighted by Crippen LogP contribution is -2.60. The third kappa shape index (κ3) is 3.94. The lowest BCUT2D eigenvalue weighted by Gasteiger charge is -2.40. The number of amides is 2. The van der Waals surface area contributed by atoms with E-state index in [0.29, 0.717) is 26.1 Å². The fourth-order valence-electron chi connectivity index (χ4n) is 3.18. The first-order valence-electron chi connectivity index (χ1n) is 8.67. The molecule has 138 valence electrons. The van der Waals surface area contributed by atoms with Crippen molar-refractivity contribution in [3.05, 3.63) is 54.1 Å². The third-order valence-electron chi connectivity index (χ3n) is 4.69. The lowest BCUT2D eigenvalue weighted by molar-refractivity contribution is -0.157. The molecule has 2 heterocycles. The summed E-state index contributed by atoms with van der Waals surface area (Å²) in [4.78, 5) is 33.4. The molecule has 0 bridgehead atoms. The van der Waals surface area contributed by atoms with Crippen LogP contribution in [-0.4, -0.2) is 64.0 Å². The molecule has 3 rings (SSSR count). The van der Waals surface area contributed by atoms with Crippen molar-refractivity contribution in [2.24, 2.45) is 7.05 Å².